The molecular weight excluding hydrogens is 318 g/mol. The maximum Gasteiger partial charge on any atom is 0.344 e. The van der Waals surface area contributed by atoms with Gasteiger partial charge in [0.05, 0.1) is 5.69 Å². The lowest BCUT2D eigenvalue weighted by Gasteiger charge is -2.11. The van der Waals surface area contributed by atoms with Gasteiger partial charge in [0.15, 0.2) is 11.3 Å². The molecule has 0 saturated heterocycles. The zero-order valence-corrected chi connectivity index (χ0v) is 13.2. The number of hydrogen-bond donors (Lipinski definition) is 2. The molecule has 2 aromatic rings. The summed E-state index contributed by atoms with van der Waals surface area (Å²) in [5.74, 6) is -0.696. The zero-order chi connectivity index (χ0) is 17.0. The average Bonchev–Trinajstić information content (AvgIpc) is 2.54. The summed E-state index contributed by atoms with van der Waals surface area (Å²) in [5.41, 5.74) is 0.272. The number of carbonyl (C=O) groups is 1. The van der Waals surface area contributed by atoms with Crippen LogP contribution in [-0.2, 0) is 4.79 Å². The van der Waals surface area contributed by atoms with Crippen molar-refractivity contribution in [3.63, 3.8) is 0 Å². The van der Waals surface area contributed by atoms with E-state index in [4.69, 9.17) is 15.1 Å². The number of rotatable bonds is 5. The van der Waals surface area contributed by atoms with E-state index in [1.165, 1.54) is 18.7 Å². The Morgan fingerprint density at radius 1 is 1.43 bits per heavy atom. The van der Waals surface area contributed by atoms with E-state index < -0.39 is 17.6 Å². The summed E-state index contributed by atoms with van der Waals surface area (Å²) in [7, 11) is 0. The van der Waals surface area contributed by atoms with Gasteiger partial charge in [0, 0.05) is 5.56 Å². The lowest BCUT2D eigenvalue weighted by Crippen LogP contribution is -2.22. The topological polar surface area (TPSA) is 116 Å². The van der Waals surface area contributed by atoms with Gasteiger partial charge in [0.2, 0.25) is 0 Å². The van der Waals surface area contributed by atoms with Crippen molar-refractivity contribution in [1.82, 2.24) is 9.97 Å². The van der Waals surface area contributed by atoms with Gasteiger partial charge in [-0.05, 0) is 37.4 Å². The number of carboxylic acid groups (broad SMARTS) is 1. The Kier molecular flexibility index (Phi) is 5.03. The van der Waals surface area contributed by atoms with Crippen LogP contribution in [-0.4, -0.2) is 33.4 Å². The summed E-state index contributed by atoms with van der Waals surface area (Å²) in [5, 5.41) is 18.4. The molecule has 7 nitrogen and oxygen atoms in total. The molecule has 1 aromatic carbocycles. The fraction of sp³-hybridized carbons (Fsp3) is 0.200. The minimum Gasteiger partial charge on any atom is -0.479 e. The van der Waals surface area contributed by atoms with E-state index in [0.29, 0.717) is 16.5 Å². The van der Waals surface area contributed by atoms with Gasteiger partial charge in [-0.1, -0.05) is 11.8 Å². The molecule has 0 aliphatic rings. The molecule has 1 unspecified atom stereocenters. The summed E-state index contributed by atoms with van der Waals surface area (Å²) < 4.78 is 5.23. The van der Waals surface area contributed by atoms with E-state index in [2.05, 4.69) is 9.97 Å². The molecule has 1 atom stereocenters. The molecule has 2 N–H and O–H groups in total. The van der Waals surface area contributed by atoms with Gasteiger partial charge >= 0.3 is 5.97 Å². The molecule has 118 valence electrons. The summed E-state index contributed by atoms with van der Waals surface area (Å²) in [4.78, 5) is 29.4. The first kappa shape index (κ1) is 16.6. The van der Waals surface area contributed by atoms with Crippen LogP contribution in [0.4, 0.5) is 0 Å². The molecular formula is C15H13N3O4S. The third-order valence-corrected chi connectivity index (χ3v) is 3.57. The summed E-state index contributed by atoms with van der Waals surface area (Å²) in [6, 6.07) is 8.23. The Morgan fingerprint density at radius 2 is 2.09 bits per heavy atom. The van der Waals surface area contributed by atoms with Crippen molar-refractivity contribution < 1.29 is 14.6 Å². The second-order valence-electron chi connectivity index (χ2n) is 4.53. The van der Waals surface area contributed by atoms with Gasteiger partial charge in [-0.25, -0.2) is 9.78 Å². The van der Waals surface area contributed by atoms with E-state index >= 15 is 0 Å². The number of benzene rings is 1. The number of ether oxygens (including phenoxy) is 1. The number of hydrogen-bond acceptors (Lipinski definition) is 6. The van der Waals surface area contributed by atoms with E-state index in [1.54, 1.807) is 30.5 Å². The Bertz CT molecular complexity index is 824. The maximum absolute atomic E-state index is 11.9. The van der Waals surface area contributed by atoms with Crippen LogP contribution in [0.25, 0.3) is 11.3 Å². The molecule has 0 aliphatic heterocycles. The largest absolute Gasteiger partial charge is 0.479 e. The molecule has 1 aromatic heterocycles. The van der Waals surface area contributed by atoms with E-state index in [-0.39, 0.29) is 11.3 Å². The molecule has 2 rings (SSSR count). The van der Waals surface area contributed by atoms with Crippen molar-refractivity contribution in [2.45, 2.75) is 18.2 Å². The third-order valence-electron chi connectivity index (χ3n) is 2.99. The number of nitriles is 1. The number of aromatic amines is 1. The maximum atomic E-state index is 11.9. The molecule has 23 heavy (non-hydrogen) atoms. The number of carboxylic acids is 1. The molecule has 0 bridgehead atoms. The minimum absolute atomic E-state index is 0.0737. The molecule has 1 heterocycles. The van der Waals surface area contributed by atoms with Crippen molar-refractivity contribution in [3.05, 3.63) is 40.2 Å². The van der Waals surface area contributed by atoms with Crippen molar-refractivity contribution in [2.24, 2.45) is 0 Å². The van der Waals surface area contributed by atoms with Gasteiger partial charge in [0.1, 0.15) is 17.4 Å². The van der Waals surface area contributed by atoms with Crippen LogP contribution < -0.4 is 10.3 Å². The lowest BCUT2D eigenvalue weighted by atomic mass is 10.1. The zero-order valence-electron chi connectivity index (χ0n) is 12.4. The number of nitrogens with one attached hydrogen (secondary N) is 1. The van der Waals surface area contributed by atoms with Gasteiger partial charge in [-0.3, -0.25) is 4.79 Å². The average molecular weight is 331 g/mol. The summed E-state index contributed by atoms with van der Waals surface area (Å²) in [6.45, 7) is 1.42. The van der Waals surface area contributed by atoms with Crippen LogP contribution >= 0.6 is 11.8 Å². The monoisotopic (exact) mass is 331 g/mol. The Morgan fingerprint density at radius 3 is 2.61 bits per heavy atom. The molecule has 0 radical (unpaired) electrons. The number of nitrogens with zero attached hydrogens (tertiary/aromatic N) is 2. The highest BCUT2D eigenvalue weighted by Gasteiger charge is 2.15. The van der Waals surface area contributed by atoms with Gasteiger partial charge in [-0.2, -0.15) is 5.26 Å². The lowest BCUT2D eigenvalue weighted by molar-refractivity contribution is -0.144. The molecule has 0 aliphatic carbocycles. The Labute approximate surface area is 135 Å². The first-order valence-electron chi connectivity index (χ1n) is 6.54. The molecule has 0 amide bonds. The third kappa shape index (κ3) is 3.70. The van der Waals surface area contributed by atoms with Crippen molar-refractivity contribution in [2.75, 3.05) is 6.26 Å². The molecule has 8 heteroatoms. The van der Waals surface area contributed by atoms with Crippen LogP contribution in [0.3, 0.4) is 0 Å². The Balaban J connectivity index is 2.40. The highest BCUT2D eigenvalue weighted by Crippen LogP contribution is 2.24. The van der Waals surface area contributed by atoms with Crippen LogP contribution in [0.1, 0.15) is 12.5 Å². The summed E-state index contributed by atoms with van der Waals surface area (Å²) >= 11 is 1.26. The van der Waals surface area contributed by atoms with Gasteiger partial charge in [-0.15, -0.1) is 0 Å². The SMILES string of the molecule is CSc1nc(-c2ccc(OC(C)C(=O)O)cc2)c(C#N)c(=O)[nH]1. The van der Waals surface area contributed by atoms with Crippen LogP contribution in [0.5, 0.6) is 5.75 Å². The van der Waals surface area contributed by atoms with Crippen LogP contribution in [0.15, 0.2) is 34.2 Å². The molecule has 0 spiro atoms. The number of thioether (sulfide) groups is 1. The van der Waals surface area contributed by atoms with E-state index in [0.717, 1.165) is 0 Å². The predicted molar refractivity (Wildman–Crippen MR) is 84.5 cm³/mol. The second-order valence-corrected chi connectivity index (χ2v) is 5.33. The second kappa shape index (κ2) is 6.98. The minimum atomic E-state index is -1.07. The normalized spacial score (nSPS) is 11.5. The van der Waals surface area contributed by atoms with Gasteiger partial charge in [0.25, 0.3) is 5.56 Å². The fourth-order valence-corrected chi connectivity index (χ4v) is 2.19. The smallest absolute Gasteiger partial charge is 0.344 e. The number of aliphatic carboxylic acids is 1. The Hall–Kier alpha value is -2.79. The predicted octanol–water partition coefficient (Wildman–Crippen LogP) is 1.88. The van der Waals surface area contributed by atoms with Crippen molar-refractivity contribution >= 4 is 17.7 Å². The molecule has 0 saturated carbocycles. The first-order chi connectivity index (χ1) is 11.0. The van der Waals surface area contributed by atoms with E-state index in [9.17, 15) is 9.59 Å². The number of aromatic nitrogens is 2. The molecule has 0 fully saturated rings. The highest BCUT2D eigenvalue weighted by atomic mass is 32.2. The fourth-order valence-electron chi connectivity index (χ4n) is 1.81. The number of H-pyrrole nitrogens is 1. The van der Waals surface area contributed by atoms with Crippen LogP contribution in [0, 0.1) is 11.3 Å². The standard InChI is InChI=1S/C15H13N3O4S/c1-8(14(20)21)22-10-5-3-9(4-6-10)12-11(7-16)13(19)18-15(17-12)23-2/h3-6,8H,1-2H3,(H,20,21)(H,17,18,19). The van der Waals surface area contributed by atoms with E-state index in [1.807, 2.05) is 6.07 Å². The van der Waals surface area contributed by atoms with Crippen molar-refractivity contribution in [1.29, 1.82) is 5.26 Å². The summed E-state index contributed by atoms with van der Waals surface area (Å²) in [6.07, 6.45) is 0.787. The first-order valence-corrected chi connectivity index (χ1v) is 7.77. The van der Waals surface area contributed by atoms with Gasteiger partial charge < -0.3 is 14.8 Å². The van der Waals surface area contributed by atoms with Crippen LogP contribution in [0.2, 0.25) is 0 Å². The highest BCUT2D eigenvalue weighted by molar-refractivity contribution is 7.98. The quantitative estimate of drug-likeness (QED) is 0.634. The van der Waals surface area contributed by atoms with Crippen molar-refractivity contribution in [3.8, 4) is 23.1 Å².